The van der Waals surface area contributed by atoms with Crippen molar-refractivity contribution >= 4 is 17.7 Å². The molecule has 1 aliphatic heterocycles. The van der Waals surface area contributed by atoms with Gasteiger partial charge < -0.3 is 4.74 Å². The number of rotatable bonds is 1. The molecule has 4 aliphatic rings. The molecule has 1 saturated carbocycles. The molecule has 0 aromatic heterocycles. The van der Waals surface area contributed by atoms with E-state index in [1.807, 2.05) is 12.2 Å². The van der Waals surface area contributed by atoms with E-state index < -0.39 is 29.2 Å². The Morgan fingerprint density at radius 1 is 1.44 bits per heavy atom. The number of hydrogen-bond acceptors (Lipinski definition) is 4. The van der Waals surface area contributed by atoms with Crippen molar-refractivity contribution in [1.29, 1.82) is 0 Å². The van der Waals surface area contributed by atoms with Gasteiger partial charge in [-0.1, -0.05) is 12.2 Å². The Labute approximate surface area is 92.6 Å². The van der Waals surface area contributed by atoms with Crippen LogP contribution in [0.5, 0.6) is 0 Å². The summed E-state index contributed by atoms with van der Waals surface area (Å²) in [6.45, 7) is 1.49. The number of hydrogen-bond donors (Lipinski definition) is 0. The molecule has 1 saturated heterocycles. The molecule has 4 atom stereocenters. The topological polar surface area (TPSA) is 60.4 Å². The zero-order valence-electron chi connectivity index (χ0n) is 8.93. The first-order valence-corrected chi connectivity index (χ1v) is 5.52. The molecule has 4 rings (SSSR count). The van der Waals surface area contributed by atoms with Crippen LogP contribution < -0.4 is 0 Å². The predicted octanol–water partition coefficient (Wildman–Crippen LogP) is 0.857. The summed E-state index contributed by atoms with van der Waals surface area (Å²) in [7, 11) is 0. The van der Waals surface area contributed by atoms with Crippen molar-refractivity contribution < 1.29 is 19.1 Å². The second-order valence-electron chi connectivity index (χ2n) is 4.90. The lowest BCUT2D eigenvalue weighted by Gasteiger charge is -2.45. The third-order valence-corrected chi connectivity index (χ3v) is 4.29. The van der Waals surface area contributed by atoms with E-state index in [2.05, 4.69) is 0 Å². The summed E-state index contributed by atoms with van der Waals surface area (Å²) in [5, 5.41) is 0. The highest BCUT2D eigenvalue weighted by molar-refractivity contribution is 6.02. The number of allylic oxidation sites excluding steroid dienone is 2. The molecule has 0 N–H and O–H groups in total. The number of cyclic esters (lactones) is 2. The average molecular weight is 220 g/mol. The molecule has 1 heterocycles. The number of ether oxygens (including phenoxy) is 1. The number of esters is 2. The van der Waals surface area contributed by atoms with Crippen LogP contribution in [-0.4, -0.2) is 17.7 Å². The van der Waals surface area contributed by atoms with E-state index in [9.17, 15) is 14.4 Å². The third kappa shape index (κ3) is 0.925. The van der Waals surface area contributed by atoms with Crippen molar-refractivity contribution in [2.75, 3.05) is 0 Å². The lowest BCUT2D eigenvalue weighted by Crippen LogP contribution is -2.50. The minimum atomic E-state index is -0.775. The van der Waals surface area contributed by atoms with Crippen LogP contribution in [0.2, 0.25) is 0 Å². The zero-order chi connectivity index (χ0) is 11.5. The van der Waals surface area contributed by atoms with Gasteiger partial charge in [0.25, 0.3) is 0 Å². The number of fused-ring (bicyclic) bond motifs is 1. The molecule has 4 heteroatoms. The Morgan fingerprint density at radius 2 is 2.19 bits per heavy atom. The Hall–Kier alpha value is -1.45. The maximum Gasteiger partial charge on any atom is 0.318 e. The SMILES string of the molecule is CC(=O)[C@@]12C=C[C@@H](CC1)[C@@H]1C(=O)OC(=O)[C@H]12. The smallest absolute Gasteiger partial charge is 0.318 e. The molecule has 2 bridgehead atoms. The Bertz CT molecular complexity index is 436. The van der Waals surface area contributed by atoms with Gasteiger partial charge in [-0.15, -0.1) is 0 Å². The summed E-state index contributed by atoms with van der Waals surface area (Å²) >= 11 is 0. The van der Waals surface area contributed by atoms with Crippen LogP contribution in [0, 0.1) is 23.2 Å². The quantitative estimate of drug-likeness (QED) is 0.373. The van der Waals surface area contributed by atoms with Crippen molar-refractivity contribution in [3.63, 3.8) is 0 Å². The van der Waals surface area contributed by atoms with Crippen LogP contribution in [0.4, 0.5) is 0 Å². The number of Topliss-reactive ketones (excluding diaryl/α,β-unsaturated/α-hetero) is 1. The van der Waals surface area contributed by atoms with E-state index in [4.69, 9.17) is 4.74 Å². The molecule has 0 radical (unpaired) electrons. The molecule has 0 unspecified atom stereocenters. The molecular weight excluding hydrogens is 208 g/mol. The van der Waals surface area contributed by atoms with Gasteiger partial charge in [-0.3, -0.25) is 14.4 Å². The highest BCUT2D eigenvalue weighted by Gasteiger charge is 2.63. The molecule has 0 aromatic carbocycles. The maximum absolute atomic E-state index is 11.8. The normalized spacial score (nSPS) is 44.4. The highest BCUT2D eigenvalue weighted by Crippen LogP contribution is 2.56. The van der Waals surface area contributed by atoms with Gasteiger partial charge in [-0.2, -0.15) is 0 Å². The number of carbonyl (C=O) groups excluding carboxylic acids is 3. The van der Waals surface area contributed by atoms with E-state index in [1.165, 1.54) is 6.92 Å². The van der Waals surface area contributed by atoms with Crippen molar-refractivity contribution in [3.8, 4) is 0 Å². The average Bonchev–Trinajstić information content (AvgIpc) is 2.58. The van der Waals surface area contributed by atoms with Crippen molar-refractivity contribution in [2.24, 2.45) is 23.2 Å². The van der Waals surface area contributed by atoms with Crippen LogP contribution >= 0.6 is 0 Å². The lowest BCUT2D eigenvalue weighted by molar-refractivity contribution is -0.155. The molecule has 2 fully saturated rings. The zero-order valence-corrected chi connectivity index (χ0v) is 8.93. The molecule has 0 spiro atoms. The van der Waals surface area contributed by atoms with E-state index in [0.717, 1.165) is 6.42 Å². The molecule has 0 aromatic rings. The van der Waals surface area contributed by atoms with Crippen LogP contribution in [0.25, 0.3) is 0 Å². The number of ketones is 1. The van der Waals surface area contributed by atoms with Gasteiger partial charge in [0, 0.05) is 0 Å². The fraction of sp³-hybridized carbons (Fsp3) is 0.583. The largest absolute Gasteiger partial charge is 0.393 e. The van der Waals surface area contributed by atoms with Crippen molar-refractivity contribution in [3.05, 3.63) is 12.2 Å². The van der Waals surface area contributed by atoms with E-state index in [1.54, 1.807) is 0 Å². The summed E-state index contributed by atoms with van der Waals surface area (Å²) in [5.41, 5.74) is -0.775. The summed E-state index contributed by atoms with van der Waals surface area (Å²) < 4.78 is 4.69. The van der Waals surface area contributed by atoms with Gasteiger partial charge in [0.15, 0.2) is 0 Å². The van der Waals surface area contributed by atoms with Crippen LogP contribution in [0.3, 0.4) is 0 Å². The van der Waals surface area contributed by atoms with Gasteiger partial charge in [0.1, 0.15) is 5.78 Å². The minimum absolute atomic E-state index is 0.0384. The molecule has 4 nitrogen and oxygen atoms in total. The van der Waals surface area contributed by atoms with Crippen LogP contribution in [0.15, 0.2) is 12.2 Å². The standard InChI is InChI=1S/C12H12O4/c1-6(13)12-4-2-7(3-5-12)8-9(12)11(15)16-10(8)14/h2,4,7-9H,3,5H2,1H3/t7-,8-,9-,12+/m0/s1. The Kier molecular flexibility index (Phi) is 1.71. The molecule has 16 heavy (non-hydrogen) atoms. The van der Waals surface area contributed by atoms with Crippen LogP contribution in [-0.2, 0) is 19.1 Å². The number of carbonyl (C=O) groups is 3. The Morgan fingerprint density at radius 3 is 2.75 bits per heavy atom. The Balaban J connectivity index is 2.16. The monoisotopic (exact) mass is 220 g/mol. The molecule has 0 amide bonds. The van der Waals surface area contributed by atoms with Gasteiger partial charge in [0.2, 0.25) is 0 Å². The highest BCUT2D eigenvalue weighted by atomic mass is 16.6. The first kappa shape index (κ1) is 9.75. The fourth-order valence-corrected chi connectivity index (χ4v) is 3.42. The maximum atomic E-state index is 11.8. The predicted molar refractivity (Wildman–Crippen MR) is 53.1 cm³/mol. The van der Waals surface area contributed by atoms with Gasteiger partial charge in [-0.05, 0) is 25.7 Å². The third-order valence-electron chi connectivity index (χ3n) is 4.29. The van der Waals surface area contributed by atoms with Crippen molar-refractivity contribution in [1.82, 2.24) is 0 Å². The summed E-state index contributed by atoms with van der Waals surface area (Å²) in [5.74, 6) is -1.92. The van der Waals surface area contributed by atoms with E-state index >= 15 is 0 Å². The second kappa shape index (κ2) is 2.81. The van der Waals surface area contributed by atoms with Crippen LogP contribution in [0.1, 0.15) is 19.8 Å². The lowest BCUT2D eigenvalue weighted by atomic mass is 9.53. The summed E-state index contributed by atoms with van der Waals surface area (Å²) in [6, 6.07) is 0. The van der Waals surface area contributed by atoms with E-state index in [0.29, 0.717) is 6.42 Å². The minimum Gasteiger partial charge on any atom is -0.393 e. The van der Waals surface area contributed by atoms with Gasteiger partial charge >= 0.3 is 11.9 Å². The summed E-state index contributed by atoms with van der Waals surface area (Å²) in [6.07, 6.45) is 5.18. The second-order valence-corrected chi connectivity index (χ2v) is 4.90. The first-order chi connectivity index (χ1) is 7.56. The first-order valence-electron chi connectivity index (χ1n) is 5.52. The summed E-state index contributed by atoms with van der Waals surface area (Å²) in [4.78, 5) is 35.1. The molecular formula is C12H12O4. The van der Waals surface area contributed by atoms with E-state index in [-0.39, 0.29) is 11.7 Å². The van der Waals surface area contributed by atoms with Gasteiger partial charge in [-0.25, -0.2) is 0 Å². The molecule has 3 aliphatic carbocycles. The van der Waals surface area contributed by atoms with Crippen molar-refractivity contribution in [2.45, 2.75) is 19.8 Å². The molecule has 84 valence electrons. The van der Waals surface area contributed by atoms with Gasteiger partial charge in [0.05, 0.1) is 17.3 Å². The fourth-order valence-electron chi connectivity index (χ4n) is 3.42.